The predicted molar refractivity (Wildman–Crippen MR) is 135 cm³/mol. The van der Waals surface area contributed by atoms with E-state index in [-0.39, 0.29) is 5.97 Å². The van der Waals surface area contributed by atoms with E-state index in [1.54, 1.807) is 24.3 Å². The Morgan fingerprint density at radius 1 is 0.688 bits per heavy atom. The molecule has 32 heavy (non-hydrogen) atoms. The monoisotopic (exact) mass is 441 g/mol. The van der Waals surface area contributed by atoms with Crippen molar-refractivity contribution < 1.29 is 14.4 Å². The number of unbranched alkanes of at least 4 members (excludes halogenated alkanes) is 11. The fraction of sp³-hybridized carbons (Fsp3) is 0.536. The van der Waals surface area contributed by atoms with E-state index in [4.69, 9.17) is 4.84 Å². The van der Waals surface area contributed by atoms with Crippen LogP contribution in [0, 0.1) is 0 Å². The highest BCUT2D eigenvalue weighted by molar-refractivity contribution is 5.89. The molecule has 0 unspecified atom stereocenters. The van der Waals surface area contributed by atoms with Gasteiger partial charge in [-0.3, -0.25) is 10.3 Å². The van der Waals surface area contributed by atoms with Crippen LogP contribution >= 0.6 is 0 Å². The van der Waals surface area contributed by atoms with Crippen LogP contribution in [0.25, 0.3) is 0 Å². The van der Waals surface area contributed by atoms with Crippen molar-refractivity contribution in [3.63, 3.8) is 0 Å². The van der Waals surface area contributed by atoms with Gasteiger partial charge in [-0.05, 0) is 30.7 Å². The van der Waals surface area contributed by atoms with Crippen molar-refractivity contribution in [2.75, 3.05) is 19.2 Å². The first-order chi connectivity index (χ1) is 15.8. The molecular weight excluding hydrogens is 398 g/mol. The third-order valence-corrected chi connectivity index (χ3v) is 5.26. The molecule has 0 heterocycles. The van der Waals surface area contributed by atoms with E-state index in [1.165, 1.54) is 77.7 Å². The summed E-state index contributed by atoms with van der Waals surface area (Å²) in [4.78, 5) is 16.3. The highest BCUT2D eigenvalue weighted by Crippen LogP contribution is 2.12. The number of para-hydroxylation sites is 1. The largest absolute Gasteiger partial charge is 0.465 e. The van der Waals surface area contributed by atoms with E-state index >= 15 is 0 Å². The van der Waals surface area contributed by atoms with Gasteiger partial charge in [0.2, 0.25) is 0 Å². The maximum atomic E-state index is 10.8. The van der Waals surface area contributed by atoms with Crippen LogP contribution in [0.1, 0.15) is 94.3 Å². The van der Waals surface area contributed by atoms with Crippen LogP contribution < -0.4 is 5.48 Å². The number of benzene rings is 2. The summed E-state index contributed by atoms with van der Waals surface area (Å²) in [5, 5.41) is 0. The number of esters is 1. The second kappa shape index (κ2) is 20.6. The van der Waals surface area contributed by atoms with Crippen molar-refractivity contribution in [1.29, 1.82) is 0 Å². The molecule has 0 aliphatic rings. The molecule has 0 spiro atoms. The molecule has 178 valence electrons. The summed E-state index contributed by atoms with van der Waals surface area (Å²) in [5.74, 6) is -0.291. The lowest BCUT2D eigenvalue weighted by Gasteiger charge is -2.06. The summed E-state index contributed by atoms with van der Waals surface area (Å²) in [5.41, 5.74) is 4.60. The lowest BCUT2D eigenvalue weighted by Crippen LogP contribution is -2.02. The molecule has 1 N–H and O–H groups in total. The summed E-state index contributed by atoms with van der Waals surface area (Å²) in [6.07, 6.45) is 16.6. The van der Waals surface area contributed by atoms with Gasteiger partial charge in [0.25, 0.3) is 0 Å². The van der Waals surface area contributed by atoms with Crippen LogP contribution in [0.5, 0.6) is 0 Å². The van der Waals surface area contributed by atoms with Crippen molar-refractivity contribution in [3.05, 3.63) is 66.2 Å². The Kier molecular flexibility index (Phi) is 17.8. The van der Waals surface area contributed by atoms with Gasteiger partial charge in [0.05, 0.1) is 25.0 Å². The number of ether oxygens (including phenoxy) is 1. The van der Waals surface area contributed by atoms with Gasteiger partial charge < -0.3 is 4.74 Å². The van der Waals surface area contributed by atoms with E-state index in [9.17, 15) is 4.79 Å². The van der Waals surface area contributed by atoms with E-state index in [0.717, 1.165) is 18.7 Å². The molecule has 0 saturated heterocycles. The third kappa shape index (κ3) is 15.5. The number of carbonyl (C=O) groups is 1. The number of rotatable bonds is 16. The zero-order valence-corrected chi connectivity index (χ0v) is 20.2. The van der Waals surface area contributed by atoms with Crippen LogP contribution in [0.15, 0.2) is 60.7 Å². The van der Waals surface area contributed by atoms with Crippen LogP contribution in [0.2, 0.25) is 0 Å². The number of hydrogen-bond acceptors (Lipinski definition) is 4. The highest BCUT2D eigenvalue weighted by atomic mass is 16.6. The average Bonchev–Trinajstić information content (AvgIpc) is 2.85. The molecule has 0 saturated carbocycles. The van der Waals surface area contributed by atoms with Crippen LogP contribution in [0.3, 0.4) is 0 Å². The topological polar surface area (TPSA) is 47.6 Å². The zero-order chi connectivity index (χ0) is 23.1. The summed E-state index contributed by atoms with van der Waals surface area (Å²) < 4.78 is 4.50. The second-order valence-electron chi connectivity index (χ2n) is 8.06. The molecule has 0 aliphatic heterocycles. The maximum absolute atomic E-state index is 10.8. The van der Waals surface area contributed by atoms with Crippen LogP contribution in [-0.2, 0) is 9.57 Å². The van der Waals surface area contributed by atoms with E-state index in [0.29, 0.717) is 5.56 Å². The molecule has 2 aromatic rings. The standard InChI is InChI=1S/C20H35NO.C8H8O2/c1-2-3-4-5-6-7-8-9-10-11-12-16-19-22-21-20-17-14-13-15-18-20;1-10-8(9)7-5-3-2-4-6-7/h13-15,17-18,21H,2-12,16,19H2,1H3;2-6H,1H3. The molecule has 0 fully saturated rings. The van der Waals surface area contributed by atoms with Gasteiger partial charge in [-0.25, -0.2) is 4.79 Å². The van der Waals surface area contributed by atoms with E-state index in [2.05, 4.69) is 17.1 Å². The van der Waals surface area contributed by atoms with Gasteiger partial charge in [-0.15, -0.1) is 0 Å². The Hall–Kier alpha value is -2.33. The number of hydrogen-bond donors (Lipinski definition) is 1. The lowest BCUT2D eigenvalue weighted by molar-refractivity contribution is 0.0600. The van der Waals surface area contributed by atoms with Crippen molar-refractivity contribution in [1.82, 2.24) is 0 Å². The smallest absolute Gasteiger partial charge is 0.337 e. The Bertz CT molecular complexity index is 661. The molecule has 2 aromatic carbocycles. The van der Waals surface area contributed by atoms with E-state index < -0.39 is 0 Å². The summed E-state index contributed by atoms with van der Waals surface area (Å²) in [6, 6.07) is 18.9. The van der Waals surface area contributed by atoms with Crippen molar-refractivity contribution in [2.45, 2.75) is 84.0 Å². The Balaban J connectivity index is 0.000000425. The fourth-order valence-corrected chi connectivity index (χ4v) is 3.35. The van der Waals surface area contributed by atoms with Crippen molar-refractivity contribution in [2.24, 2.45) is 0 Å². The molecule has 2 rings (SSSR count). The molecule has 0 atom stereocenters. The maximum Gasteiger partial charge on any atom is 0.337 e. The average molecular weight is 442 g/mol. The second-order valence-corrected chi connectivity index (χ2v) is 8.06. The first-order valence-electron chi connectivity index (χ1n) is 12.3. The minimum absolute atomic E-state index is 0.291. The van der Waals surface area contributed by atoms with Gasteiger partial charge >= 0.3 is 5.97 Å². The quantitative estimate of drug-likeness (QED) is 0.162. The minimum atomic E-state index is -0.291. The molecule has 4 heteroatoms. The zero-order valence-electron chi connectivity index (χ0n) is 20.2. The van der Waals surface area contributed by atoms with Gasteiger partial charge in [-0.2, -0.15) is 0 Å². The number of anilines is 1. The summed E-state index contributed by atoms with van der Waals surface area (Å²) >= 11 is 0. The Morgan fingerprint density at radius 3 is 1.66 bits per heavy atom. The Morgan fingerprint density at radius 2 is 1.16 bits per heavy atom. The number of carbonyl (C=O) groups excluding carboxylic acids is 1. The normalized spacial score (nSPS) is 10.2. The van der Waals surface area contributed by atoms with Crippen molar-refractivity contribution in [3.8, 4) is 0 Å². The molecule has 0 amide bonds. The highest BCUT2D eigenvalue weighted by Gasteiger charge is 2.00. The number of methoxy groups -OCH3 is 1. The van der Waals surface area contributed by atoms with Gasteiger partial charge in [0, 0.05) is 0 Å². The summed E-state index contributed by atoms with van der Waals surface area (Å²) in [7, 11) is 1.37. The third-order valence-electron chi connectivity index (χ3n) is 5.26. The van der Waals surface area contributed by atoms with Gasteiger partial charge in [-0.1, -0.05) is 114 Å². The summed E-state index contributed by atoms with van der Waals surface area (Å²) in [6.45, 7) is 3.08. The molecule has 0 bridgehead atoms. The SMILES string of the molecule is CCCCCCCCCCCCCCONc1ccccc1.COC(=O)c1ccccc1. The Labute approximate surface area is 195 Å². The molecule has 4 nitrogen and oxygen atoms in total. The predicted octanol–water partition coefficient (Wildman–Crippen LogP) is 8.20. The first-order valence-corrected chi connectivity index (χ1v) is 12.3. The minimum Gasteiger partial charge on any atom is -0.465 e. The fourth-order valence-electron chi connectivity index (χ4n) is 3.35. The molecule has 0 radical (unpaired) electrons. The van der Waals surface area contributed by atoms with Gasteiger partial charge in [0.1, 0.15) is 0 Å². The van der Waals surface area contributed by atoms with E-state index in [1.807, 2.05) is 36.4 Å². The number of nitrogens with one attached hydrogen (secondary N) is 1. The van der Waals surface area contributed by atoms with Crippen LogP contribution in [-0.4, -0.2) is 19.7 Å². The lowest BCUT2D eigenvalue weighted by atomic mass is 10.1. The van der Waals surface area contributed by atoms with Gasteiger partial charge in [0.15, 0.2) is 0 Å². The molecular formula is C28H43NO3. The van der Waals surface area contributed by atoms with Crippen molar-refractivity contribution >= 4 is 11.7 Å². The molecule has 0 aromatic heterocycles. The first kappa shape index (κ1) is 27.7. The molecule has 0 aliphatic carbocycles. The van der Waals surface area contributed by atoms with Crippen LogP contribution in [0.4, 0.5) is 5.69 Å².